The van der Waals surface area contributed by atoms with E-state index < -0.39 is 0 Å². The molecule has 0 saturated heterocycles. The number of aryl methyl sites for hydroxylation is 1. The number of ketones is 1. The zero-order valence-electron chi connectivity index (χ0n) is 15.3. The van der Waals surface area contributed by atoms with Crippen LogP contribution < -0.4 is 10.1 Å². The summed E-state index contributed by atoms with van der Waals surface area (Å²) in [4.78, 5) is 27.3. The van der Waals surface area contributed by atoms with Crippen LogP contribution in [0.2, 0.25) is 0 Å². The number of amides is 1. The molecule has 0 aliphatic rings. The van der Waals surface area contributed by atoms with E-state index in [1.807, 2.05) is 31.2 Å². The zero-order valence-corrected chi connectivity index (χ0v) is 15.3. The van der Waals surface area contributed by atoms with Gasteiger partial charge in [0.15, 0.2) is 12.4 Å². The molecule has 0 radical (unpaired) electrons. The largest absolute Gasteiger partial charge is 0.482 e. The van der Waals surface area contributed by atoms with E-state index in [-0.39, 0.29) is 24.2 Å². The Bertz CT molecular complexity index is 994. The first-order chi connectivity index (χ1) is 12.9. The third-order valence-electron chi connectivity index (χ3n) is 3.90. The number of hydrogen-bond acceptors (Lipinski definition) is 6. The summed E-state index contributed by atoms with van der Waals surface area (Å²) in [6.07, 6.45) is 0. The van der Waals surface area contributed by atoms with Gasteiger partial charge in [-0.05, 0) is 37.6 Å². The molecule has 0 aliphatic heterocycles. The van der Waals surface area contributed by atoms with Crippen molar-refractivity contribution in [1.29, 1.82) is 0 Å². The zero-order chi connectivity index (χ0) is 19.4. The van der Waals surface area contributed by atoms with Gasteiger partial charge in [-0.3, -0.25) is 9.59 Å². The van der Waals surface area contributed by atoms with Gasteiger partial charge in [0.1, 0.15) is 5.75 Å². The highest BCUT2D eigenvalue weighted by molar-refractivity contribution is 5.96. The van der Waals surface area contributed by atoms with Crippen molar-refractivity contribution in [3.05, 3.63) is 59.5 Å². The van der Waals surface area contributed by atoms with Crippen LogP contribution >= 0.6 is 0 Å². The Labute approximate surface area is 156 Å². The van der Waals surface area contributed by atoms with Gasteiger partial charge in [-0.15, -0.1) is 0 Å². The Morgan fingerprint density at radius 2 is 1.93 bits per heavy atom. The molecule has 7 nitrogen and oxygen atoms in total. The summed E-state index contributed by atoms with van der Waals surface area (Å²) in [5, 5.41) is 6.66. The number of nitrogens with one attached hydrogen (secondary N) is 1. The molecule has 0 unspecified atom stereocenters. The van der Waals surface area contributed by atoms with E-state index in [2.05, 4.69) is 15.5 Å². The maximum Gasteiger partial charge on any atom is 0.264 e. The Morgan fingerprint density at radius 3 is 2.63 bits per heavy atom. The van der Waals surface area contributed by atoms with E-state index in [9.17, 15) is 9.59 Å². The van der Waals surface area contributed by atoms with Gasteiger partial charge in [0.25, 0.3) is 5.89 Å². The number of nitrogens with zero attached hydrogens (tertiary/aromatic N) is 2. The molecule has 1 N–H and O–H groups in total. The van der Waals surface area contributed by atoms with Crippen molar-refractivity contribution < 1.29 is 18.8 Å². The molecular formula is C20H19N3O4. The molecule has 27 heavy (non-hydrogen) atoms. The second kappa shape index (κ2) is 7.82. The van der Waals surface area contributed by atoms with Crippen LogP contribution in [0.5, 0.6) is 5.75 Å². The molecule has 0 spiro atoms. The normalized spacial score (nSPS) is 10.5. The van der Waals surface area contributed by atoms with Crippen molar-refractivity contribution in [1.82, 2.24) is 10.1 Å². The molecule has 2 aromatic carbocycles. The average molecular weight is 365 g/mol. The maximum absolute atomic E-state index is 11.6. The number of benzene rings is 2. The molecule has 3 aromatic rings. The van der Waals surface area contributed by atoms with Gasteiger partial charge in [0.05, 0.1) is 5.69 Å². The lowest BCUT2D eigenvalue weighted by Gasteiger charge is -2.11. The number of carbonyl (C=O) groups is 2. The highest BCUT2D eigenvalue weighted by Crippen LogP contribution is 2.27. The number of ether oxygens (including phenoxy) is 1. The average Bonchev–Trinajstić information content (AvgIpc) is 3.09. The van der Waals surface area contributed by atoms with Gasteiger partial charge < -0.3 is 14.6 Å². The van der Waals surface area contributed by atoms with E-state index in [0.717, 1.165) is 11.1 Å². The second-order valence-corrected chi connectivity index (χ2v) is 6.06. The quantitative estimate of drug-likeness (QED) is 0.668. The minimum atomic E-state index is -0.241. The lowest BCUT2D eigenvalue weighted by Crippen LogP contribution is -2.09. The van der Waals surface area contributed by atoms with Gasteiger partial charge in [-0.2, -0.15) is 4.98 Å². The Morgan fingerprint density at radius 1 is 1.15 bits per heavy atom. The number of Topliss-reactive ketones (excluding diaryl/α,β-unsaturated/α-hetero) is 1. The monoisotopic (exact) mass is 365 g/mol. The van der Waals surface area contributed by atoms with Gasteiger partial charge in [0, 0.05) is 18.1 Å². The standard InChI is InChI=1S/C20H19N3O4/c1-12-6-4-5-7-16(12)20-22-19(27-23-20)11-26-18-10-15(13(2)24)8-9-17(18)21-14(3)25/h4-10H,11H2,1-3H3,(H,21,25). The number of rotatable bonds is 6. The molecule has 0 saturated carbocycles. The first kappa shape index (κ1) is 18.3. The SMILES string of the molecule is CC(=O)Nc1ccc(C(C)=O)cc1OCc1nc(-c2ccccc2C)no1. The third-order valence-corrected chi connectivity index (χ3v) is 3.90. The molecule has 0 fully saturated rings. The van der Waals surface area contributed by atoms with Crippen LogP contribution in [0.25, 0.3) is 11.4 Å². The fourth-order valence-electron chi connectivity index (χ4n) is 2.54. The number of anilines is 1. The molecule has 0 bridgehead atoms. The van der Waals surface area contributed by atoms with E-state index in [0.29, 0.717) is 22.8 Å². The minimum absolute atomic E-state index is 0.00677. The van der Waals surface area contributed by atoms with Crippen molar-refractivity contribution >= 4 is 17.4 Å². The first-order valence-corrected chi connectivity index (χ1v) is 8.38. The highest BCUT2D eigenvalue weighted by atomic mass is 16.5. The molecule has 0 atom stereocenters. The predicted octanol–water partition coefficient (Wildman–Crippen LogP) is 3.79. The molecule has 3 rings (SSSR count). The summed E-state index contributed by atoms with van der Waals surface area (Å²) in [5.74, 6) is 0.777. The predicted molar refractivity (Wildman–Crippen MR) is 99.6 cm³/mol. The third kappa shape index (κ3) is 4.38. The minimum Gasteiger partial charge on any atom is -0.482 e. The molecule has 138 valence electrons. The van der Waals surface area contributed by atoms with Crippen molar-refractivity contribution in [3.8, 4) is 17.1 Å². The molecule has 1 aromatic heterocycles. The lowest BCUT2D eigenvalue weighted by atomic mass is 10.1. The Hall–Kier alpha value is -3.48. The second-order valence-electron chi connectivity index (χ2n) is 6.06. The van der Waals surface area contributed by atoms with Crippen molar-refractivity contribution in [3.63, 3.8) is 0 Å². The summed E-state index contributed by atoms with van der Waals surface area (Å²) in [6, 6.07) is 12.6. The van der Waals surface area contributed by atoms with Gasteiger partial charge in [-0.1, -0.05) is 29.4 Å². The highest BCUT2D eigenvalue weighted by Gasteiger charge is 2.14. The van der Waals surface area contributed by atoms with Crippen LogP contribution in [0.1, 0.15) is 35.7 Å². The molecule has 7 heteroatoms. The first-order valence-electron chi connectivity index (χ1n) is 8.38. The molecular weight excluding hydrogens is 346 g/mol. The topological polar surface area (TPSA) is 94.3 Å². The van der Waals surface area contributed by atoms with Crippen molar-refractivity contribution in [2.75, 3.05) is 5.32 Å². The Kier molecular flexibility index (Phi) is 5.30. The maximum atomic E-state index is 11.6. The smallest absolute Gasteiger partial charge is 0.264 e. The van der Waals surface area contributed by atoms with Crippen LogP contribution in [0.15, 0.2) is 47.0 Å². The van der Waals surface area contributed by atoms with Gasteiger partial charge >= 0.3 is 0 Å². The van der Waals surface area contributed by atoms with Crippen LogP contribution in [-0.2, 0) is 11.4 Å². The fourth-order valence-corrected chi connectivity index (χ4v) is 2.54. The number of carbonyl (C=O) groups excluding carboxylic acids is 2. The summed E-state index contributed by atoms with van der Waals surface area (Å²) in [5.41, 5.74) is 2.86. The van der Waals surface area contributed by atoms with Crippen molar-refractivity contribution in [2.24, 2.45) is 0 Å². The summed E-state index contributed by atoms with van der Waals surface area (Å²) < 4.78 is 11.0. The lowest BCUT2D eigenvalue weighted by molar-refractivity contribution is -0.114. The van der Waals surface area contributed by atoms with Crippen LogP contribution in [0, 0.1) is 6.92 Å². The summed E-state index contributed by atoms with van der Waals surface area (Å²) >= 11 is 0. The molecule has 1 amide bonds. The molecule has 0 aliphatic carbocycles. The van der Waals surface area contributed by atoms with E-state index >= 15 is 0 Å². The molecule has 1 heterocycles. The van der Waals surface area contributed by atoms with Crippen LogP contribution in [0.3, 0.4) is 0 Å². The number of aromatic nitrogens is 2. The summed E-state index contributed by atoms with van der Waals surface area (Å²) in [7, 11) is 0. The Balaban J connectivity index is 1.80. The van der Waals surface area contributed by atoms with E-state index in [1.54, 1.807) is 18.2 Å². The number of hydrogen-bond donors (Lipinski definition) is 1. The van der Waals surface area contributed by atoms with Crippen LogP contribution in [0.4, 0.5) is 5.69 Å². The van der Waals surface area contributed by atoms with E-state index in [4.69, 9.17) is 9.26 Å². The summed E-state index contributed by atoms with van der Waals surface area (Å²) in [6.45, 7) is 4.83. The van der Waals surface area contributed by atoms with Gasteiger partial charge in [0.2, 0.25) is 11.7 Å². The van der Waals surface area contributed by atoms with Gasteiger partial charge in [-0.25, -0.2) is 0 Å². The van der Waals surface area contributed by atoms with Crippen molar-refractivity contribution in [2.45, 2.75) is 27.4 Å². The fraction of sp³-hybridized carbons (Fsp3) is 0.200. The van der Waals surface area contributed by atoms with E-state index in [1.165, 1.54) is 13.8 Å². The van der Waals surface area contributed by atoms with Crippen LogP contribution in [-0.4, -0.2) is 21.8 Å².